The Morgan fingerprint density at radius 2 is 1.70 bits per heavy atom. The van der Waals surface area contributed by atoms with Crippen LogP contribution in [0.25, 0.3) is 0 Å². The second-order valence-corrected chi connectivity index (χ2v) is 4.61. The van der Waals surface area contributed by atoms with Crippen molar-refractivity contribution in [2.45, 2.75) is 31.7 Å². The molecule has 0 bridgehead atoms. The molecule has 0 radical (unpaired) electrons. The molecule has 20 heavy (non-hydrogen) atoms. The predicted octanol–water partition coefficient (Wildman–Crippen LogP) is -1.11. The van der Waals surface area contributed by atoms with Crippen LogP contribution in [0.3, 0.4) is 0 Å². The summed E-state index contributed by atoms with van der Waals surface area (Å²) in [6.07, 6.45) is 1.50. The Labute approximate surface area is 119 Å². The van der Waals surface area contributed by atoms with Gasteiger partial charge >= 0.3 is 6.09 Å². The summed E-state index contributed by atoms with van der Waals surface area (Å²) in [7, 11) is 0. The van der Waals surface area contributed by atoms with E-state index < -0.39 is 18.0 Å². The third kappa shape index (κ3) is 8.68. The van der Waals surface area contributed by atoms with Crippen molar-refractivity contribution in [3.8, 4) is 0 Å². The Bertz CT molecular complexity index is 288. The molecule has 0 aromatic rings. The number of amides is 2. The van der Waals surface area contributed by atoms with E-state index in [1.165, 1.54) is 4.90 Å². The fourth-order valence-electron chi connectivity index (χ4n) is 1.79. The molecular weight excluding hydrogens is 262 g/mol. The largest absolute Gasteiger partial charge is 0.465 e. The highest BCUT2D eigenvalue weighted by atomic mass is 16.4. The Morgan fingerprint density at radius 1 is 1.10 bits per heavy atom. The molecule has 2 amide bonds. The van der Waals surface area contributed by atoms with E-state index in [0.717, 1.165) is 6.42 Å². The number of carboxylic acid groups (broad SMARTS) is 1. The van der Waals surface area contributed by atoms with Crippen LogP contribution in [0.2, 0.25) is 0 Å². The van der Waals surface area contributed by atoms with Gasteiger partial charge in [0.15, 0.2) is 0 Å². The standard InChI is InChI=1S/C12H27N5O3/c13-5-2-7-16-10(11(15)18)4-1-8-17(12(19)20)9-3-6-14/h10,16H,1-9,13-14H2,(H2,15,18)(H,19,20). The molecule has 0 spiro atoms. The number of hydrogen-bond donors (Lipinski definition) is 5. The van der Waals surface area contributed by atoms with Crippen LogP contribution in [-0.4, -0.2) is 60.8 Å². The van der Waals surface area contributed by atoms with Gasteiger partial charge in [-0.05, 0) is 45.3 Å². The minimum Gasteiger partial charge on any atom is -0.465 e. The van der Waals surface area contributed by atoms with E-state index in [0.29, 0.717) is 52.0 Å². The number of rotatable bonds is 12. The number of nitrogens with zero attached hydrogens (tertiary/aromatic N) is 1. The summed E-state index contributed by atoms with van der Waals surface area (Å²) < 4.78 is 0. The molecule has 0 aliphatic rings. The van der Waals surface area contributed by atoms with E-state index in [4.69, 9.17) is 22.3 Å². The summed E-state index contributed by atoms with van der Waals surface area (Å²) in [5, 5.41) is 12.0. The quantitative estimate of drug-likeness (QED) is 0.288. The maximum Gasteiger partial charge on any atom is 0.407 e. The Balaban J connectivity index is 4.06. The zero-order chi connectivity index (χ0) is 15.4. The highest BCUT2D eigenvalue weighted by Gasteiger charge is 2.16. The molecule has 0 aliphatic carbocycles. The van der Waals surface area contributed by atoms with Gasteiger partial charge in [0, 0.05) is 13.1 Å². The second kappa shape index (κ2) is 11.4. The minimum atomic E-state index is -0.967. The van der Waals surface area contributed by atoms with Gasteiger partial charge in [0.2, 0.25) is 5.91 Å². The molecule has 0 aliphatic heterocycles. The normalized spacial score (nSPS) is 12.1. The molecule has 8 nitrogen and oxygen atoms in total. The van der Waals surface area contributed by atoms with Crippen LogP contribution in [-0.2, 0) is 4.79 Å². The van der Waals surface area contributed by atoms with Crippen molar-refractivity contribution in [3.63, 3.8) is 0 Å². The molecule has 0 aromatic heterocycles. The molecule has 0 rings (SSSR count). The fraction of sp³-hybridized carbons (Fsp3) is 0.833. The van der Waals surface area contributed by atoms with Crippen molar-refractivity contribution < 1.29 is 14.7 Å². The number of nitrogens with two attached hydrogens (primary N) is 3. The molecule has 0 saturated heterocycles. The number of nitrogens with one attached hydrogen (secondary N) is 1. The molecular formula is C12H27N5O3. The van der Waals surface area contributed by atoms with Gasteiger partial charge in [-0.15, -0.1) is 0 Å². The molecule has 8 N–H and O–H groups in total. The van der Waals surface area contributed by atoms with E-state index in [1.54, 1.807) is 0 Å². The molecule has 1 atom stereocenters. The Morgan fingerprint density at radius 3 is 2.20 bits per heavy atom. The van der Waals surface area contributed by atoms with Gasteiger partial charge in [0.25, 0.3) is 0 Å². The lowest BCUT2D eigenvalue weighted by molar-refractivity contribution is -0.120. The first-order valence-electron chi connectivity index (χ1n) is 6.93. The SMILES string of the molecule is NCCCNC(CCCN(CCCN)C(=O)O)C(N)=O. The smallest absolute Gasteiger partial charge is 0.407 e. The number of carbonyl (C=O) groups excluding carboxylic acids is 1. The van der Waals surface area contributed by atoms with Crippen LogP contribution in [0.5, 0.6) is 0 Å². The first-order chi connectivity index (χ1) is 9.52. The van der Waals surface area contributed by atoms with Crippen LogP contribution >= 0.6 is 0 Å². The van der Waals surface area contributed by atoms with Crippen LogP contribution < -0.4 is 22.5 Å². The monoisotopic (exact) mass is 289 g/mol. The van der Waals surface area contributed by atoms with Crippen molar-refractivity contribution in [2.75, 3.05) is 32.7 Å². The highest BCUT2D eigenvalue weighted by Crippen LogP contribution is 2.02. The zero-order valence-electron chi connectivity index (χ0n) is 11.9. The summed E-state index contributed by atoms with van der Waals surface area (Å²) in [5.41, 5.74) is 16.0. The lowest BCUT2D eigenvalue weighted by Gasteiger charge is -2.20. The molecule has 0 heterocycles. The first-order valence-corrected chi connectivity index (χ1v) is 6.93. The number of hydrogen-bond acceptors (Lipinski definition) is 5. The summed E-state index contributed by atoms with van der Waals surface area (Å²) in [6, 6.07) is -0.438. The van der Waals surface area contributed by atoms with E-state index >= 15 is 0 Å². The van der Waals surface area contributed by atoms with E-state index in [9.17, 15) is 9.59 Å². The van der Waals surface area contributed by atoms with Crippen molar-refractivity contribution >= 4 is 12.0 Å². The van der Waals surface area contributed by atoms with Gasteiger partial charge in [-0.3, -0.25) is 4.79 Å². The van der Waals surface area contributed by atoms with E-state index in [-0.39, 0.29) is 0 Å². The van der Waals surface area contributed by atoms with Crippen LogP contribution in [0.4, 0.5) is 4.79 Å². The molecule has 118 valence electrons. The van der Waals surface area contributed by atoms with Gasteiger partial charge in [-0.25, -0.2) is 4.79 Å². The Hall–Kier alpha value is -1.38. The van der Waals surface area contributed by atoms with Gasteiger partial charge in [-0.2, -0.15) is 0 Å². The molecule has 0 fully saturated rings. The van der Waals surface area contributed by atoms with Crippen LogP contribution in [0.1, 0.15) is 25.7 Å². The summed E-state index contributed by atoms with van der Waals surface area (Å²) in [4.78, 5) is 23.6. The third-order valence-corrected chi connectivity index (χ3v) is 2.94. The van der Waals surface area contributed by atoms with Gasteiger partial charge < -0.3 is 32.5 Å². The van der Waals surface area contributed by atoms with Crippen LogP contribution in [0.15, 0.2) is 0 Å². The van der Waals surface area contributed by atoms with Crippen molar-refractivity contribution in [3.05, 3.63) is 0 Å². The molecule has 0 saturated carbocycles. The van der Waals surface area contributed by atoms with Crippen LogP contribution in [0, 0.1) is 0 Å². The maximum atomic E-state index is 11.3. The molecule has 1 unspecified atom stereocenters. The van der Waals surface area contributed by atoms with Gasteiger partial charge in [-0.1, -0.05) is 0 Å². The van der Waals surface area contributed by atoms with E-state index in [2.05, 4.69) is 5.32 Å². The third-order valence-electron chi connectivity index (χ3n) is 2.94. The topological polar surface area (TPSA) is 148 Å². The van der Waals surface area contributed by atoms with E-state index in [1.807, 2.05) is 0 Å². The zero-order valence-corrected chi connectivity index (χ0v) is 11.9. The summed E-state index contributed by atoms with van der Waals surface area (Å²) in [6.45, 7) is 2.41. The first kappa shape index (κ1) is 18.6. The lowest BCUT2D eigenvalue weighted by Crippen LogP contribution is -2.42. The number of primary amides is 1. The van der Waals surface area contributed by atoms with Crippen molar-refractivity contribution in [1.82, 2.24) is 10.2 Å². The van der Waals surface area contributed by atoms with Crippen molar-refractivity contribution in [2.24, 2.45) is 17.2 Å². The molecule has 0 aromatic carbocycles. The maximum absolute atomic E-state index is 11.3. The lowest BCUT2D eigenvalue weighted by atomic mass is 10.1. The number of carbonyl (C=O) groups is 2. The average molecular weight is 289 g/mol. The second-order valence-electron chi connectivity index (χ2n) is 4.61. The van der Waals surface area contributed by atoms with Crippen molar-refractivity contribution in [1.29, 1.82) is 0 Å². The Kier molecular flexibility index (Phi) is 10.7. The highest BCUT2D eigenvalue weighted by molar-refractivity contribution is 5.79. The summed E-state index contributed by atoms with van der Waals surface area (Å²) in [5.74, 6) is -0.425. The average Bonchev–Trinajstić information content (AvgIpc) is 2.40. The van der Waals surface area contributed by atoms with Gasteiger partial charge in [0.1, 0.15) is 0 Å². The predicted molar refractivity (Wildman–Crippen MR) is 77.2 cm³/mol. The van der Waals surface area contributed by atoms with Gasteiger partial charge in [0.05, 0.1) is 6.04 Å². The molecule has 8 heteroatoms. The minimum absolute atomic E-state index is 0.373. The fourth-order valence-corrected chi connectivity index (χ4v) is 1.79. The summed E-state index contributed by atoms with van der Waals surface area (Å²) >= 11 is 0.